The van der Waals surface area contributed by atoms with E-state index in [1.165, 1.54) is 16.8 Å². The standard InChI is InChI=1S/C17H20N6O3S/c1-22-11-16(19-12-22)27(24,25)23-8-6-13(10-23)4-5-15-20-17(26-21-15)14-3-2-7-18-9-14/h2-3,7,9,11-13H,4-6,8,10H2,1H3. The van der Waals surface area contributed by atoms with E-state index in [4.69, 9.17) is 4.52 Å². The van der Waals surface area contributed by atoms with Crippen LogP contribution in [-0.4, -0.2) is 50.5 Å². The predicted octanol–water partition coefficient (Wildman–Crippen LogP) is 1.51. The van der Waals surface area contributed by atoms with Crippen LogP contribution >= 0.6 is 0 Å². The molecule has 1 fully saturated rings. The number of hydrogen-bond acceptors (Lipinski definition) is 7. The Hall–Kier alpha value is -2.59. The Bertz CT molecular complexity index is 1010. The first kappa shape index (κ1) is 17.8. The Kier molecular flexibility index (Phi) is 4.75. The van der Waals surface area contributed by atoms with Crippen molar-refractivity contribution in [1.29, 1.82) is 0 Å². The first-order valence-electron chi connectivity index (χ1n) is 8.73. The number of sulfonamides is 1. The normalized spacial score (nSPS) is 18.2. The van der Waals surface area contributed by atoms with Gasteiger partial charge in [-0.2, -0.15) is 9.29 Å². The van der Waals surface area contributed by atoms with E-state index in [2.05, 4.69) is 20.1 Å². The van der Waals surface area contributed by atoms with Crippen LogP contribution < -0.4 is 0 Å². The second-order valence-electron chi connectivity index (χ2n) is 6.69. The Morgan fingerprint density at radius 2 is 2.26 bits per heavy atom. The molecule has 0 amide bonds. The summed E-state index contributed by atoms with van der Waals surface area (Å²) in [5.74, 6) is 1.34. The molecule has 4 heterocycles. The summed E-state index contributed by atoms with van der Waals surface area (Å²) in [6, 6.07) is 3.68. The molecule has 0 radical (unpaired) electrons. The van der Waals surface area contributed by atoms with Crippen molar-refractivity contribution in [2.45, 2.75) is 24.3 Å². The van der Waals surface area contributed by atoms with Crippen LogP contribution in [0.25, 0.3) is 11.5 Å². The molecule has 1 unspecified atom stereocenters. The van der Waals surface area contributed by atoms with Crippen LogP contribution in [0.4, 0.5) is 0 Å². The van der Waals surface area contributed by atoms with Crippen molar-refractivity contribution in [2.24, 2.45) is 13.0 Å². The van der Waals surface area contributed by atoms with Gasteiger partial charge in [-0.3, -0.25) is 4.98 Å². The quantitative estimate of drug-likeness (QED) is 0.630. The SMILES string of the molecule is Cn1cnc(S(=O)(=O)N2CCC(CCc3noc(-c4cccnc4)n3)C2)c1. The van der Waals surface area contributed by atoms with Crippen molar-refractivity contribution in [1.82, 2.24) is 29.0 Å². The second kappa shape index (κ2) is 7.20. The lowest BCUT2D eigenvalue weighted by Gasteiger charge is -2.14. The van der Waals surface area contributed by atoms with Crippen molar-refractivity contribution in [3.8, 4) is 11.5 Å². The molecule has 0 spiro atoms. The third-order valence-corrected chi connectivity index (χ3v) is 6.44. The highest BCUT2D eigenvalue weighted by atomic mass is 32.2. The smallest absolute Gasteiger partial charge is 0.262 e. The molecule has 1 saturated heterocycles. The fraction of sp³-hybridized carbons (Fsp3) is 0.412. The summed E-state index contributed by atoms with van der Waals surface area (Å²) in [4.78, 5) is 12.4. The van der Waals surface area contributed by atoms with E-state index < -0.39 is 10.0 Å². The molecule has 1 aliphatic heterocycles. The van der Waals surface area contributed by atoms with E-state index >= 15 is 0 Å². The maximum atomic E-state index is 12.6. The molecule has 3 aromatic heterocycles. The van der Waals surface area contributed by atoms with Crippen LogP contribution in [0.1, 0.15) is 18.7 Å². The summed E-state index contributed by atoms with van der Waals surface area (Å²) in [7, 11) is -1.77. The zero-order valence-corrected chi connectivity index (χ0v) is 15.7. The van der Waals surface area contributed by atoms with Gasteiger partial charge >= 0.3 is 0 Å². The Morgan fingerprint density at radius 3 is 3.00 bits per heavy atom. The highest BCUT2D eigenvalue weighted by molar-refractivity contribution is 7.89. The third kappa shape index (κ3) is 3.76. The molecule has 0 N–H and O–H groups in total. The van der Waals surface area contributed by atoms with Gasteiger partial charge in [0.2, 0.25) is 0 Å². The van der Waals surface area contributed by atoms with Gasteiger partial charge in [0.1, 0.15) is 0 Å². The van der Waals surface area contributed by atoms with Crippen LogP contribution in [0.5, 0.6) is 0 Å². The van der Waals surface area contributed by atoms with Crippen molar-refractivity contribution in [3.05, 3.63) is 42.9 Å². The van der Waals surface area contributed by atoms with Crippen LogP contribution in [0, 0.1) is 5.92 Å². The zero-order chi connectivity index (χ0) is 18.9. The second-order valence-corrected chi connectivity index (χ2v) is 8.58. The Balaban J connectivity index is 1.35. The zero-order valence-electron chi connectivity index (χ0n) is 14.9. The van der Waals surface area contributed by atoms with Gasteiger partial charge in [0.05, 0.1) is 11.9 Å². The molecular weight excluding hydrogens is 368 g/mol. The lowest BCUT2D eigenvalue weighted by molar-refractivity contribution is 0.413. The van der Waals surface area contributed by atoms with Gasteiger partial charge < -0.3 is 9.09 Å². The summed E-state index contributed by atoms with van der Waals surface area (Å²) < 4.78 is 33.7. The molecule has 9 nitrogen and oxygen atoms in total. The van der Waals surface area contributed by atoms with Gasteiger partial charge in [-0.15, -0.1) is 0 Å². The summed E-state index contributed by atoms with van der Waals surface area (Å²) in [5, 5.41) is 4.11. The van der Waals surface area contributed by atoms with E-state index in [0.717, 1.165) is 18.4 Å². The van der Waals surface area contributed by atoms with E-state index in [1.807, 2.05) is 12.1 Å². The molecule has 10 heteroatoms. The molecule has 0 aliphatic carbocycles. The van der Waals surface area contributed by atoms with Gasteiger partial charge in [0.15, 0.2) is 10.9 Å². The molecule has 0 saturated carbocycles. The first-order valence-corrected chi connectivity index (χ1v) is 10.2. The van der Waals surface area contributed by atoms with Gasteiger partial charge in [0.25, 0.3) is 15.9 Å². The van der Waals surface area contributed by atoms with Gasteiger partial charge in [0, 0.05) is 45.1 Å². The molecular formula is C17H20N6O3S. The van der Waals surface area contributed by atoms with Crippen LogP contribution in [0.3, 0.4) is 0 Å². The third-order valence-electron chi connectivity index (χ3n) is 4.69. The number of pyridine rings is 1. The molecule has 27 heavy (non-hydrogen) atoms. The number of nitrogens with zero attached hydrogens (tertiary/aromatic N) is 6. The van der Waals surface area contributed by atoms with Crippen LogP contribution in [0.15, 0.2) is 46.6 Å². The van der Waals surface area contributed by atoms with Gasteiger partial charge in [-0.1, -0.05) is 5.16 Å². The minimum absolute atomic E-state index is 0.102. The first-order chi connectivity index (χ1) is 13.0. The molecule has 142 valence electrons. The maximum Gasteiger partial charge on any atom is 0.262 e. The lowest BCUT2D eigenvalue weighted by atomic mass is 10.0. The molecule has 4 rings (SSSR count). The monoisotopic (exact) mass is 388 g/mol. The topological polar surface area (TPSA) is 107 Å². The molecule has 0 aromatic carbocycles. The van der Waals surface area contributed by atoms with Crippen molar-refractivity contribution in [2.75, 3.05) is 13.1 Å². The average Bonchev–Trinajstić information content (AvgIpc) is 3.41. The van der Waals surface area contributed by atoms with Crippen molar-refractivity contribution < 1.29 is 12.9 Å². The summed E-state index contributed by atoms with van der Waals surface area (Å²) in [6.07, 6.45) is 8.66. The van der Waals surface area contributed by atoms with Crippen molar-refractivity contribution in [3.63, 3.8) is 0 Å². The highest BCUT2D eigenvalue weighted by Crippen LogP contribution is 2.26. The minimum Gasteiger partial charge on any atom is -0.339 e. The van der Waals surface area contributed by atoms with Gasteiger partial charge in [-0.25, -0.2) is 13.4 Å². The molecule has 0 bridgehead atoms. The van der Waals surface area contributed by atoms with Crippen LogP contribution in [0.2, 0.25) is 0 Å². The lowest BCUT2D eigenvalue weighted by Crippen LogP contribution is -2.29. The Labute approximate surface area is 157 Å². The number of aromatic nitrogens is 5. The number of hydrogen-bond donors (Lipinski definition) is 0. The van der Waals surface area contributed by atoms with E-state index in [9.17, 15) is 8.42 Å². The van der Waals surface area contributed by atoms with E-state index in [1.54, 1.807) is 24.0 Å². The molecule has 1 aliphatic rings. The predicted molar refractivity (Wildman–Crippen MR) is 95.9 cm³/mol. The largest absolute Gasteiger partial charge is 0.339 e. The molecule has 3 aromatic rings. The van der Waals surface area contributed by atoms with Gasteiger partial charge in [-0.05, 0) is 30.9 Å². The summed E-state index contributed by atoms with van der Waals surface area (Å²) in [5.41, 5.74) is 0.782. The maximum absolute atomic E-state index is 12.6. The highest BCUT2D eigenvalue weighted by Gasteiger charge is 2.33. The summed E-state index contributed by atoms with van der Waals surface area (Å²) in [6.45, 7) is 1.00. The molecule has 1 atom stereocenters. The average molecular weight is 388 g/mol. The number of imidazole rings is 1. The fourth-order valence-corrected chi connectivity index (χ4v) is 4.70. The summed E-state index contributed by atoms with van der Waals surface area (Å²) >= 11 is 0. The number of rotatable bonds is 6. The Morgan fingerprint density at radius 1 is 1.37 bits per heavy atom. The van der Waals surface area contributed by atoms with E-state index in [-0.39, 0.29) is 10.9 Å². The fourth-order valence-electron chi connectivity index (χ4n) is 3.20. The number of aryl methyl sites for hydroxylation is 2. The van der Waals surface area contributed by atoms with Crippen LogP contribution in [-0.2, 0) is 23.5 Å². The van der Waals surface area contributed by atoms with E-state index in [0.29, 0.717) is 31.2 Å². The minimum atomic E-state index is -3.52. The van der Waals surface area contributed by atoms with Crippen molar-refractivity contribution >= 4 is 10.0 Å².